The van der Waals surface area contributed by atoms with Crippen molar-refractivity contribution in [2.75, 3.05) is 7.11 Å². The minimum atomic E-state index is 0.738. The average Bonchev–Trinajstić information content (AvgIpc) is 2.88. The highest BCUT2D eigenvalue weighted by Crippen LogP contribution is 2.22. The Bertz CT molecular complexity index is 862. The molecule has 0 aliphatic carbocycles. The smallest absolute Gasteiger partial charge is 0.119 e. The van der Waals surface area contributed by atoms with Gasteiger partial charge in [-0.2, -0.15) is 0 Å². The Morgan fingerprint density at radius 1 is 1.00 bits per heavy atom. The largest absolute Gasteiger partial charge is 0.497 e. The number of hydrogen-bond acceptors (Lipinski definition) is 2. The fourth-order valence-corrected chi connectivity index (χ4v) is 2.84. The molecule has 3 aromatic rings. The lowest BCUT2D eigenvalue weighted by atomic mass is 10.2. The zero-order chi connectivity index (χ0) is 17.1. The van der Waals surface area contributed by atoms with Crippen LogP contribution in [0.5, 0.6) is 5.75 Å². The number of hydrogen-bond donors (Lipinski definition) is 0. The molecule has 0 amide bonds. The highest BCUT2D eigenvalue weighted by atomic mass is 35.5. The Labute approximate surface area is 147 Å². The third-order valence-electron chi connectivity index (χ3n) is 3.98. The molecule has 3 nitrogen and oxygen atoms in total. The summed E-state index contributed by atoms with van der Waals surface area (Å²) in [7, 11) is 1.66. The number of benzene rings is 2. The Hall–Kier alpha value is -2.52. The molecule has 0 N–H and O–H groups in total. The molecule has 0 spiro atoms. The van der Waals surface area contributed by atoms with Crippen LogP contribution in [0.1, 0.15) is 17.0 Å². The lowest BCUT2D eigenvalue weighted by Gasteiger charge is -2.09. The first-order valence-electron chi connectivity index (χ1n) is 7.71. The zero-order valence-electron chi connectivity index (χ0n) is 14.0. The average molecular weight is 339 g/mol. The second-order valence-corrected chi connectivity index (χ2v) is 6.03. The van der Waals surface area contributed by atoms with Crippen LogP contribution in [0.25, 0.3) is 5.69 Å². The van der Waals surface area contributed by atoms with Crippen LogP contribution in [0.15, 0.2) is 59.6 Å². The van der Waals surface area contributed by atoms with Gasteiger partial charge in [-0.05, 0) is 68.4 Å². The van der Waals surface area contributed by atoms with Crippen molar-refractivity contribution in [1.29, 1.82) is 0 Å². The van der Waals surface area contributed by atoms with Crippen LogP contribution < -0.4 is 4.74 Å². The monoisotopic (exact) mass is 338 g/mol. The maximum atomic E-state index is 5.98. The summed E-state index contributed by atoms with van der Waals surface area (Å²) in [6.45, 7) is 4.18. The highest BCUT2D eigenvalue weighted by Gasteiger charge is 2.09. The summed E-state index contributed by atoms with van der Waals surface area (Å²) < 4.78 is 7.36. The fourth-order valence-electron chi connectivity index (χ4n) is 2.72. The van der Waals surface area contributed by atoms with Crippen LogP contribution in [0.2, 0.25) is 5.02 Å². The number of halogens is 1. The van der Waals surface area contributed by atoms with Crippen molar-refractivity contribution in [3.8, 4) is 11.4 Å². The van der Waals surface area contributed by atoms with E-state index in [1.165, 1.54) is 0 Å². The van der Waals surface area contributed by atoms with Crippen LogP contribution >= 0.6 is 11.6 Å². The normalized spacial score (nSPS) is 11.2. The summed E-state index contributed by atoms with van der Waals surface area (Å²) in [4.78, 5) is 4.56. The SMILES string of the molecule is COc1ccc(N=Cc2cc(C)n(-c3ccc(Cl)cc3)c2C)cc1. The van der Waals surface area contributed by atoms with Crippen LogP contribution in [-0.4, -0.2) is 17.9 Å². The first-order chi connectivity index (χ1) is 11.6. The number of aliphatic imine (C=N–C) groups is 1. The van der Waals surface area contributed by atoms with Gasteiger partial charge in [0.2, 0.25) is 0 Å². The topological polar surface area (TPSA) is 26.5 Å². The Morgan fingerprint density at radius 3 is 2.29 bits per heavy atom. The molecule has 3 rings (SSSR count). The van der Waals surface area contributed by atoms with E-state index >= 15 is 0 Å². The molecule has 0 fully saturated rings. The van der Waals surface area contributed by atoms with Crippen molar-refractivity contribution in [3.63, 3.8) is 0 Å². The predicted molar refractivity (Wildman–Crippen MR) is 101 cm³/mol. The maximum Gasteiger partial charge on any atom is 0.119 e. The molecule has 24 heavy (non-hydrogen) atoms. The van der Waals surface area contributed by atoms with E-state index in [1.54, 1.807) is 7.11 Å². The maximum absolute atomic E-state index is 5.98. The number of methoxy groups -OCH3 is 1. The predicted octanol–water partition coefficient (Wildman–Crippen LogP) is 5.51. The molecular formula is C20H19ClN2O. The zero-order valence-corrected chi connectivity index (χ0v) is 14.7. The minimum Gasteiger partial charge on any atom is -0.497 e. The van der Waals surface area contributed by atoms with Gasteiger partial charge in [-0.1, -0.05) is 11.6 Å². The summed E-state index contributed by atoms with van der Waals surface area (Å²) >= 11 is 5.98. The minimum absolute atomic E-state index is 0.738. The van der Waals surface area contributed by atoms with Gasteiger partial charge in [0.05, 0.1) is 12.8 Å². The third-order valence-corrected chi connectivity index (χ3v) is 4.23. The summed E-state index contributed by atoms with van der Waals surface area (Å²) in [6.07, 6.45) is 1.90. The first kappa shape index (κ1) is 16.3. The molecule has 1 aromatic heterocycles. The van der Waals surface area contributed by atoms with Gasteiger partial charge in [0.1, 0.15) is 5.75 Å². The quantitative estimate of drug-likeness (QED) is 0.576. The molecular weight excluding hydrogens is 320 g/mol. The number of aryl methyl sites for hydroxylation is 1. The van der Waals surface area contributed by atoms with E-state index < -0.39 is 0 Å². The second kappa shape index (κ2) is 6.93. The summed E-state index contributed by atoms with van der Waals surface area (Å²) in [5, 5.41) is 0.738. The van der Waals surface area contributed by atoms with E-state index in [2.05, 4.69) is 29.5 Å². The summed E-state index contributed by atoms with van der Waals surface area (Å²) in [5.74, 6) is 0.829. The van der Waals surface area contributed by atoms with E-state index in [9.17, 15) is 0 Å². The van der Waals surface area contributed by atoms with Gasteiger partial charge in [-0.3, -0.25) is 4.99 Å². The van der Waals surface area contributed by atoms with E-state index in [0.29, 0.717) is 0 Å². The van der Waals surface area contributed by atoms with Crippen molar-refractivity contribution in [3.05, 3.63) is 76.6 Å². The van der Waals surface area contributed by atoms with E-state index in [1.807, 2.05) is 54.7 Å². The molecule has 0 saturated heterocycles. The Morgan fingerprint density at radius 2 is 1.67 bits per heavy atom. The molecule has 0 saturated carbocycles. The van der Waals surface area contributed by atoms with Gasteiger partial charge in [0.25, 0.3) is 0 Å². The summed E-state index contributed by atoms with van der Waals surface area (Å²) in [5.41, 5.74) is 5.39. The van der Waals surface area contributed by atoms with Gasteiger partial charge < -0.3 is 9.30 Å². The van der Waals surface area contributed by atoms with E-state index in [-0.39, 0.29) is 0 Å². The van der Waals surface area contributed by atoms with Gasteiger partial charge in [-0.25, -0.2) is 0 Å². The Balaban J connectivity index is 1.90. The molecule has 1 heterocycles. The van der Waals surface area contributed by atoms with Crippen LogP contribution in [0.3, 0.4) is 0 Å². The molecule has 0 bridgehead atoms. The van der Waals surface area contributed by atoms with Crippen LogP contribution in [-0.2, 0) is 0 Å². The third kappa shape index (κ3) is 3.36. The molecule has 0 aliphatic heterocycles. The van der Waals surface area contributed by atoms with Gasteiger partial charge in [-0.15, -0.1) is 0 Å². The van der Waals surface area contributed by atoms with E-state index in [4.69, 9.17) is 16.3 Å². The van der Waals surface area contributed by atoms with Crippen molar-refractivity contribution < 1.29 is 4.74 Å². The van der Waals surface area contributed by atoms with Crippen molar-refractivity contribution >= 4 is 23.5 Å². The number of rotatable bonds is 4. The van der Waals surface area contributed by atoms with Crippen molar-refractivity contribution in [2.45, 2.75) is 13.8 Å². The molecule has 122 valence electrons. The van der Waals surface area contributed by atoms with Crippen LogP contribution in [0, 0.1) is 13.8 Å². The highest BCUT2D eigenvalue weighted by molar-refractivity contribution is 6.30. The number of nitrogens with zero attached hydrogens (tertiary/aromatic N) is 2. The molecule has 0 unspecified atom stereocenters. The van der Waals surface area contributed by atoms with Gasteiger partial charge >= 0.3 is 0 Å². The van der Waals surface area contributed by atoms with Crippen LogP contribution in [0.4, 0.5) is 5.69 Å². The van der Waals surface area contributed by atoms with Crippen molar-refractivity contribution in [2.24, 2.45) is 4.99 Å². The number of aromatic nitrogens is 1. The van der Waals surface area contributed by atoms with Gasteiger partial charge in [0.15, 0.2) is 0 Å². The molecule has 4 heteroatoms. The fraction of sp³-hybridized carbons (Fsp3) is 0.150. The molecule has 0 atom stereocenters. The second-order valence-electron chi connectivity index (χ2n) is 5.59. The lowest BCUT2D eigenvalue weighted by Crippen LogP contribution is -1.99. The molecule has 0 radical (unpaired) electrons. The number of ether oxygens (including phenoxy) is 1. The Kier molecular flexibility index (Phi) is 4.72. The molecule has 0 aliphatic rings. The molecule has 2 aromatic carbocycles. The standard InChI is InChI=1S/C20H19ClN2O/c1-14-12-16(13-22-18-6-10-20(24-3)11-7-18)15(2)23(14)19-8-4-17(21)5-9-19/h4-13H,1-3H3. The van der Waals surface area contributed by atoms with E-state index in [0.717, 1.165) is 39.1 Å². The van der Waals surface area contributed by atoms with Crippen molar-refractivity contribution in [1.82, 2.24) is 4.57 Å². The van der Waals surface area contributed by atoms with Gasteiger partial charge in [0, 0.05) is 33.9 Å². The first-order valence-corrected chi connectivity index (χ1v) is 8.09. The lowest BCUT2D eigenvalue weighted by molar-refractivity contribution is 0.415. The summed E-state index contributed by atoms with van der Waals surface area (Å²) in [6, 6.07) is 17.7.